The van der Waals surface area contributed by atoms with E-state index >= 15 is 0 Å². The quantitative estimate of drug-likeness (QED) is 0.397. The van der Waals surface area contributed by atoms with Crippen molar-refractivity contribution in [3.8, 4) is 11.4 Å². The summed E-state index contributed by atoms with van der Waals surface area (Å²) >= 11 is 0. The predicted molar refractivity (Wildman–Crippen MR) is 121 cm³/mol. The van der Waals surface area contributed by atoms with Gasteiger partial charge in [0.15, 0.2) is 17.5 Å². The number of carbonyl (C=O) groups is 1. The maximum atomic E-state index is 12.3. The lowest BCUT2D eigenvalue weighted by Gasteiger charge is -2.09. The highest BCUT2D eigenvalue weighted by Crippen LogP contribution is 2.20. The molecule has 2 N–H and O–H groups in total. The van der Waals surface area contributed by atoms with Crippen molar-refractivity contribution < 1.29 is 9.32 Å². The fourth-order valence-corrected chi connectivity index (χ4v) is 3.16. The lowest BCUT2D eigenvalue weighted by Crippen LogP contribution is -2.23. The molecule has 170 valence electrons. The summed E-state index contributed by atoms with van der Waals surface area (Å²) in [7, 11) is 1.84. The Morgan fingerprint density at radius 1 is 1.18 bits per heavy atom. The topological polar surface area (TPSA) is 137 Å². The van der Waals surface area contributed by atoms with E-state index in [0.29, 0.717) is 36.4 Å². The van der Waals surface area contributed by atoms with Crippen LogP contribution in [-0.2, 0) is 20.0 Å². The second-order valence-electron chi connectivity index (χ2n) is 7.58. The first-order chi connectivity index (χ1) is 16.0. The maximum Gasteiger partial charge on any atom is 0.315 e. The van der Waals surface area contributed by atoms with Crippen molar-refractivity contribution in [1.29, 1.82) is 0 Å². The van der Waals surface area contributed by atoms with Crippen molar-refractivity contribution in [1.82, 2.24) is 40.2 Å². The third kappa shape index (κ3) is 5.56. The molecule has 0 aliphatic carbocycles. The summed E-state index contributed by atoms with van der Waals surface area (Å²) in [4.78, 5) is 29.4. The van der Waals surface area contributed by atoms with Gasteiger partial charge in [-0.05, 0) is 30.5 Å². The fraction of sp³-hybridized carbons (Fsp3) is 0.318. The van der Waals surface area contributed by atoms with Crippen molar-refractivity contribution in [3.05, 3.63) is 59.6 Å². The first-order valence-electron chi connectivity index (χ1n) is 10.7. The summed E-state index contributed by atoms with van der Waals surface area (Å²) < 4.78 is 6.76. The van der Waals surface area contributed by atoms with E-state index in [4.69, 9.17) is 4.52 Å². The van der Waals surface area contributed by atoms with E-state index in [1.807, 2.05) is 44.4 Å². The molecule has 0 bridgehead atoms. The van der Waals surface area contributed by atoms with E-state index < -0.39 is 5.91 Å². The van der Waals surface area contributed by atoms with Crippen LogP contribution in [0.25, 0.3) is 11.4 Å². The molecule has 0 atom stereocenters. The maximum absolute atomic E-state index is 12.3. The van der Waals surface area contributed by atoms with Gasteiger partial charge >= 0.3 is 11.8 Å². The molecular weight excluding hydrogens is 422 g/mol. The smallest absolute Gasteiger partial charge is 0.315 e. The molecule has 0 aliphatic rings. The molecule has 33 heavy (non-hydrogen) atoms. The number of nitrogens with zero attached hydrogens (tertiary/aromatic N) is 7. The van der Waals surface area contributed by atoms with Crippen LogP contribution in [0.3, 0.4) is 0 Å². The number of aryl methyl sites for hydroxylation is 3. The second kappa shape index (κ2) is 9.98. The van der Waals surface area contributed by atoms with Crippen LogP contribution in [0.5, 0.6) is 0 Å². The molecule has 0 unspecified atom stereocenters. The first kappa shape index (κ1) is 22.1. The highest BCUT2D eigenvalue weighted by Gasteiger charge is 2.15. The molecule has 0 aliphatic heterocycles. The summed E-state index contributed by atoms with van der Waals surface area (Å²) in [5, 5.41) is 14.0. The summed E-state index contributed by atoms with van der Waals surface area (Å²) in [6.07, 6.45) is 5.96. The van der Waals surface area contributed by atoms with Gasteiger partial charge in [0.2, 0.25) is 5.95 Å². The number of benzene rings is 1. The first-order valence-corrected chi connectivity index (χ1v) is 10.7. The molecule has 0 saturated carbocycles. The molecule has 11 nitrogen and oxygen atoms in total. The van der Waals surface area contributed by atoms with Crippen molar-refractivity contribution in [2.24, 2.45) is 7.05 Å². The number of aromatic nitrogens is 7. The van der Waals surface area contributed by atoms with Crippen LogP contribution in [0.15, 0.2) is 41.3 Å². The van der Waals surface area contributed by atoms with Crippen LogP contribution in [0, 0.1) is 6.92 Å². The predicted octanol–water partition coefficient (Wildman–Crippen LogP) is 2.98. The average Bonchev–Trinajstić information content (AvgIpc) is 3.45. The Morgan fingerprint density at radius 2 is 2.06 bits per heavy atom. The van der Waals surface area contributed by atoms with Crippen LogP contribution in [-0.4, -0.2) is 40.8 Å². The highest BCUT2D eigenvalue weighted by atomic mass is 16.5. The van der Waals surface area contributed by atoms with Gasteiger partial charge in [-0.1, -0.05) is 30.6 Å². The molecule has 3 heterocycles. The standard InChI is InChI=1S/C22H25N9O2/c1-4-5-6-18-26-21(33-30-18)20(32)23-12-16-8-7-15(11-14(16)2)19-24-13-25-22(28-19)27-17-9-10-31(3)29-17/h7-11,13H,4-6,12H2,1-3H3,(H,23,32)(H,24,25,27,28,29). The number of amides is 1. The average molecular weight is 448 g/mol. The molecule has 11 heteroatoms. The molecule has 0 spiro atoms. The number of carbonyl (C=O) groups excluding carboxylic acids is 1. The molecule has 1 aromatic carbocycles. The Bertz CT molecular complexity index is 1250. The number of nitrogens with one attached hydrogen (secondary N) is 2. The Balaban J connectivity index is 1.40. The fourth-order valence-electron chi connectivity index (χ4n) is 3.16. The summed E-state index contributed by atoms with van der Waals surface area (Å²) in [5.41, 5.74) is 2.78. The number of anilines is 2. The van der Waals surface area contributed by atoms with Crippen molar-refractivity contribution in [3.63, 3.8) is 0 Å². The van der Waals surface area contributed by atoms with Crippen LogP contribution >= 0.6 is 0 Å². The normalized spacial score (nSPS) is 10.9. The largest absolute Gasteiger partial charge is 0.344 e. The monoisotopic (exact) mass is 447 g/mol. The number of rotatable bonds is 9. The SMILES string of the molecule is CCCCc1noc(C(=O)NCc2ccc(-c3ncnc(Nc4ccn(C)n4)n3)cc2C)n1. The van der Waals surface area contributed by atoms with E-state index in [9.17, 15) is 4.79 Å². The Kier molecular flexibility index (Phi) is 6.67. The minimum Gasteiger partial charge on any atom is -0.344 e. The van der Waals surface area contributed by atoms with Crippen LogP contribution < -0.4 is 10.6 Å². The van der Waals surface area contributed by atoms with Gasteiger partial charge in [0.25, 0.3) is 0 Å². The van der Waals surface area contributed by atoms with E-state index in [1.54, 1.807) is 4.68 Å². The molecular formula is C22H25N9O2. The Hall–Kier alpha value is -4.15. The molecule has 4 aromatic rings. The van der Waals surface area contributed by atoms with Gasteiger partial charge in [-0.25, -0.2) is 9.97 Å². The third-order valence-electron chi connectivity index (χ3n) is 4.98. The van der Waals surface area contributed by atoms with Crippen molar-refractivity contribution in [2.45, 2.75) is 39.7 Å². The molecule has 0 saturated heterocycles. The lowest BCUT2D eigenvalue weighted by molar-refractivity contribution is 0.0907. The Labute approximate surface area is 190 Å². The zero-order chi connectivity index (χ0) is 23.2. The van der Waals surface area contributed by atoms with Gasteiger partial charge in [0.05, 0.1) is 0 Å². The van der Waals surface area contributed by atoms with E-state index in [2.05, 4.69) is 47.7 Å². The summed E-state index contributed by atoms with van der Waals surface area (Å²) in [5.74, 6) is 1.73. The zero-order valence-corrected chi connectivity index (χ0v) is 18.7. The van der Waals surface area contributed by atoms with Crippen LogP contribution in [0.4, 0.5) is 11.8 Å². The van der Waals surface area contributed by atoms with Gasteiger partial charge in [-0.2, -0.15) is 15.1 Å². The molecule has 0 radical (unpaired) electrons. The van der Waals surface area contributed by atoms with Crippen molar-refractivity contribution in [2.75, 3.05) is 5.32 Å². The van der Waals surface area contributed by atoms with E-state index in [-0.39, 0.29) is 5.89 Å². The Morgan fingerprint density at radius 3 is 2.82 bits per heavy atom. The molecule has 1 amide bonds. The van der Waals surface area contributed by atoms with Gasteiger partial charge < -0.3 is 15.2 Å². The van der Waals surface area contributed by atoms with E-state index in [0.717, 1.165) is 29.5 Å². The number of unbranched alkanes of at least 4 members (excludes halogenated alkanes) is 1. The molecule has 4 rings (SSSR count). The summed E-state index contributed by atoms with van der Waals surface area (Å²) in [6.45, 7) is 4.39. The lowest BCUT2D eigenvalue weighted by atomic mass is 10.0. The summed E-state index contributed by atoms with van der Waals surface area (Å²) in [6, 6.07) is 7.64. The second-order valence-corrected chi connectivity index (χ2v) is 7.58. The van der Waals surface area contributed by atoms with Gasteiger partial charge in [-0.3, -0.25) is 9.48 Å². The van der Waals surface area contributed by atoms with Crippen molar-refractivity contribution >= 4 is 17.7 Å². The minimum absolute atomic E-state index is 0.0199. The van der Waals surface area contributed by atoms with Crippen LogP contribution in [0.1, 0.15) is 47.4 Å². The van der Waals surface area contributed by atoms with Gasteiger partial charge in [0.1, 0.15) is 6.33 Å². The number of hydrogen-bond acceptors (Lipinski definition) is 9. The molecule has 0 fully saturated rings. The number of hydrogen-bond donors (Lipinski definition) is 2. The van der Waals surface area contributed by atoms with Gasteiger partial charge in [-0.15, -0.1) is 0 Å². The zero-order valence-electron chi connectivity index (χ0n) is 18.7. The van der Waals surface area contributed by atoms with Crippen LogP contribution in [0.2, 0.25) is 0 Å². The highest BCUT2D eigenvalue weighted by molar-refractivity contribution is 5.89. The van der Waals surface area contributed by atoms with Gasteiger partial charge in [0, 0.05) is 37.8 Å². The minimum atomic E-state index is -0.392. The third-order valence-corrected chi connectivity index (χ3v) is 4.98. The molecule has 3 aromatic heterocycles. The van der Waals surface area contributed by atoms with E-state index in [1.165, 1.54) is 6.33 Å².